The number of hydrogen-bond donors (Lipinski definition) is 1. The summed E-state index contributed by atoms with van der Waals surface area (Å²) in [6.07, 6.45) is 5.34. The van der Waals surface area contributed by atoms with Crippen molar-refractivity contribution >= 4 is 15.9 Å². The number of nitrogens with zero attached hydrogens (tertiary/aromatic N) is 3. The molecule has 2 aliphatic rings. The molecular weight excluding hydrogens is 308 g/mol. The maximum absolute atomic E-state index is 5.43. The van der Waals surface area contributed by atoms with E-state index in [0.29, 0.717) is 23.8 Å². The zero-order valence-corrected chi connectivity index (χ0v) is 11.8. The molecule has 3 atom stereocenters. The lowest BCUT2D eigenvalue weighted by atomic mass is 9.89. The van der Waals surface area contributed by atoms with Crippen molar-refractivity contribution < 1.29 is 4.52 Å². The fourth-order valence-corrected chi connectivity index (χ4v) is 3.33. The fraction of sp³-hybridized carbons (Fsp3) is 0.462. The first-order valence-corrected chi connectivity index (χ1v) is 7.30. The minimum atomic E-state index is 0.371. The first-order valence-electron chi connectivity index (χ1n) is 6.51. The lowest BCUT2D eigenvalue weighted by molar-refractivity contribution is 0.329. The second-order valence-corrected chi connectivity index (χ2v) is 6.12. The summed E-state index contributed by atoms with van der Waals surface area (Å²) >= 11 is 3.36. The van der Waals surface area contributed by atoms with Gasteiger partial charge in [-0.2, -0.15) is 4.98 Å². The summed E-state index contributed by atoms with van der Waals surface area (Å²) in [7, 11) is 0. The highest BCUT2D eigenvalue weighted by Crippen LogP contribution is 2.39. The van der Waals surface area contributed by atoms with Crippen LogP contribution < -0.4 is 5.32 Å². The van der Waals surface area contributed by atoms with Gasteiger partial charge in [0.2, 0.25) is 11.7 Å². The molecule has 2 aromatic heterocycles. The van der Waals surface area contributed by atoms with Crippen molar-refractivity contribution in [2.45, 2.75) is 37.3 Å². The molecule has 0 aliphatic carbocycles. The first-order chi connectivity index (χ1) is 9.29. The fourth-order valence-electron chi connectivity index (χ4n) is 3.10. The van der Waals surface area contributed by atoms with Crippen LogP contribution in [0.1, 0.15) is 31.1 Å². The molecule has 0 amide bonds. The molecule has 2 bridgehead atoms. The van der Waals surface area contributed by atoms with Gasteiger partial charge in [0, 0.05) is 22.8 Å². The zero-order chi connectivity index (χ0) is 12.8. The average Bonchev–Trinajstić information content (AvgIpc) is 3.15. The van der Waals surface area contributed by atoms with Gasteiger partial charge >= 0.3 is 0 Å². The summed E-state index contributed by atoms with van der Waals surface area (Å²) in [6.45, 7) is 0. The van der Waals surface area contributed by atoms with Crippen LogP contribution in [-0.2, 0) is 0 Å². The van der Waals surface area contributed by atoms with E-state index in [9.17, 15) is 0 Å². The van der Waals surface area contributed by atoms with Crippen molar-refractivity contribution in [2.24, 2.45) is 0 Å². The van der Waals surface area contributed by atoms with Crippen LogP contribution in [0.2, 0.25) is 0 Å². The minimum Gasteiger partial charge on any atom is -0.339 e. The van der Waals surface area contributed by atoms with E-state index < -0.39 is 0 Å². The highest BCUT2D eigenvalue weighted by atomic mass is 79.9. The summed E-state index contributed by atoms with van der Waals surface area (Å²) in [6, 6.07) is 4.96. The zero-order valence-electron chi connectivity index (χ0n) is 10.2. The maximum Gasteiger partial charge on any atom is 0.231 e. The van der Waals surface area contributed by atoms with Crippen LogP contribution in [0.5, 0.6) is 0 Å². The van der Waals surface area contributed by atoms with E-state index in [4.69, 9.17) is 4.52 Å². The Morgan fingerprint density at radius 3 is 2.95 bits per heavy atom. The molecular formula is C13H13BrN4O. The van der Waals surface area contributed by atoms with Crippen LogP contribution in [0, 0.1) is 0 Å². The molecule has 4 rings (SSSR count). The average molecular weight is 321 g/mol. The van der Waals surface area contributed by atoms with Crippen LogP contribution in [0.3, 0.4) is 0 Å². The lowest BCUT2D eigenvalue weighted by Gasteiger charge is -2.15. The highest BCUT2D eigenvalue weighted by Gasteiger charge is 2.42. The van der Waals surface area contributed by atoms with Gasteiger partial charge in [-0.15, -0.1) is 0 Å². The van der Waals surface area contributed by atoms with Gasteiger partial charge in [0.05, 0.1) is 5.92 Å². The van der Waals surface area contributed by atoms with Crippen molar-refractivity contribution in [1.82, 2.24) is 20.4 Å². The molecule has 2 saturated heterocycles. The van der Waals surface area contributed by atoms with Gasteiger partial charge in [0.1, 0.15) is 5.69 Å². The van der Waals surface area contributed by atoms with Crippen molar-refractivity contribution in [3.8, 4) is 11.5 Å². The van der Waals surface area contributed by atoms with Gasteiger partial charge in [-0.25, -0.2) is 0 Å². The van der Waals surface area contributed by atoms with Gasteiger partial charge < -0.3 is 9.84 Å². The summed E-state index contributed by atoms with van der Waals surface area (Å²) < 4.78 is 6.37. The van der Waals surface area contributed by atoms with Gasteiger partial charge in [0.15, 0.2) is 0 Å². The number of hydrogen-bond acceptors (Lipinski definition) is 5. The molecule has 2 aromatic rings. The third-order valence-corrected chi connectivity index (χ3v) is 4.48. The van der Waals surface area contributed by atoms with E-state index in [-0.39, 0.29) is 0 Å². The lowest BCUT2D eigenvalue weighted by Crippen LogP contribution is -2.21. The highest BCUT2D eigenvalue weighted by molar-refractivity contribution is 9.10. The minimum absolute atomic E-state index is 0.371. The second kappa shape index (κ2) is 4.38. The third-order valence-electron chi connectivity index (χ3n) is 4.02. The molecule has 5 nitrogen and oxygen atoms in total. The molecule has 6 heteroatoms. The van der Waals surface area contributed by atoms with Crippen molar-refractivity contribution in [3.63, 3.8) is 0 Å². The molecule has 98 valence electrons. The van der Waals surface area contributed by atoms with E-state index in [2.05, 4.69) is 36.4 Å². The molecule has 1 N–H and O–H groups in total. The predicted octanol–water partition coefficient (Wildman–Crippen LogP) is 2.50. The van der Waals surface area contributed by atoms with E-state index in [0.717, 1.165) is 22.5 Å². The number of pyridine rings is 1. The van der Waals surface area contributed by atoms with E-state index in [1.165, 1.54) is 12.8 Å². The van der Waals surface area contributed by atoms with E-state index >= 15 is 0 Å². The Kier molecular flexibility index (Phi) is 2.66. The Morgan fingerprint density at radius 1 is 1.32 bits per heavy atom. The maximum atomic E-state index is 5.43. The Morgan fingerprint density at radius 2 is 2.26 bits per heavy atom. The van der Waals surface area contributed by atoms with Crippen LogP contribution in [0.25, 0.3) is 11.5 Å². The van der Waals surface area contributed by atoms with Crippen LogP contribution >= 0.6 is 15.9 Å². The van der Waals surface area contributed by atoms with Crippen LogP contribution in [-0.4, -0.2) is 27.2 Å². The molecule has 4 heterocycles. The Labute approximate surface area is 118 Å². The predicted molar refractivity (Wildman–Crippen MR) is 72.5 cm³/mol. The second-order valence-electron chi connectivity index (χ2n) is 5.21. The van der Waals surface area contributed by atoms with E-state index in [1.54, 1.807) is 6.20 Å². The molecule has 0 saturated carbocycles. The number of rotatable bonds is 2. The number of halogens is 1. The van der Waals surface area contributed by atoms with Crippen LogP contribution in [0.15, 0.2) is 27.3 Å². The molecule has 2 aliphatic heterocycles. The summed E-state index contributed by atoms with van der Waals surface area (Å²) in [4.78, 5) is 8.80. The standard InChI is InChI=1S/C13H13BrN4O/c14-7-1-3-11(15-6-7)12-17-13(19-18-12)9-5-8-2-4-10(9)16-8/h1,3,6,8-10,16H,2,4-5H2. The van der Waals surface area contributed by atoms with Gasteiger partial charge in [-0.1, -0.05) is 5.16 Å². The summed E-state index contributed by atoms with van der Waals surface area (Å²) in [5.74, 6) is 1.69. The molecule has 0 spiro atoms. The molecule has 0 radical (unpaired) electrons. The largest absolute Gasteiger partial charge is 0.339 e. The number of nitrogens with one attached hydrogen (secondary N) is 1. The first kappa shape index (κ1) is 11.5. The van der Waals surface area contributed by atoms with Gasteiger partial charge in [-0.05, 0) is 47.3 Å². The van der Waals surface area contributed by atoms with E-state index in [1.807, 2.05) is 12.1 Å². The Hall–Kier alpha value is -1.27. The smallest absolute Gasteiger partial charge is 0.231 e. The number of aromatic nitrogens is 3. The van der Waals surface area contributed by atoms with Crippen LogP contribution in [0.4, 0.5) is 0 Å². The van der Waals surface area contributed by atoms with Gasteiger partial charge in [0.25, 0.3) is 0 Å². The molecule has 0 aromatic carbocycles. The SMILES string of the molecule is Brc1ccc(-c2noc(C3CC4CCC3N4)n2)nc1. The molecule has 2 fully saturated rings. The van der Waals surface area contributed by atoms with Crippen molar-refractivity contribution in [2.75, 3.05) is 0 Å². The quantitative estimate of drug-likeness (QED) is 0.921. The monoisotopic (exact) mass is 320 g/mol. The third kappa shape index (κ3) is 1.99. The summed E-state index contributed by atoms with van der Waals surface area (Å²) in [5, 5.41) is 7.64. The molecule has 3 unspecified atom stereocenters. The normalized spacial score (nSPS) is 29.0. The van der Waals surface area contributed by atoms with Crippen molar-refractivity contribution in [1.29, 1.82) is 0 Å². The topological polar surface area (TPSA) is 63.8 Å². The number of fused-ring (bicyclic) bond motifs is 2. The van der Waals surface area contributed by atoms with Crippen molar-refractivity contribution in [3.05, 3.63) is 28.7 Å². The summed E-state index contributed by atoms with van der Waals surface area (Å²) in [5.41, 5.74) is 0.745. The Bertz CT molecular complexity index is 597. The van der Waals surface area contributed by atoms with Gasteiger partial charge in [-0.3, -0.25) is 4.98 Å². The Balaban J connectivity index is 1.61. The molecule has 19 heavy (non-hydrogen) atoms.